The minimum atomic E-state index is -0.478. The van der Waals surface area contributed by atoms with Crippen LogP contribution in [0.15, 0.2) is 42.5 Å². The van der Waals surface area contributed by atoms with E-state index in [1.807, 2.05) is 18.2 Å². The van der Waals surface area contributed by atoms with Crippen molar-refractivity contribution in [2.75, 3.05) is 49.2 Å². The van der Waals surface area contributed by atoms with E-state index in [-0.39, 0.29) is 11.8 Å². The molecule has 1 aromatic heterocycles. The minimum absolute atomic E-state index is 0.0832. The molecule has 0 saturated carbocycles. The molecular weight excluding hydrogens is 409 g/mol. The number of rotatable bonds is 3. The number of nitrogens with one attached hydrogen (secondary N) is 1. The third-order valence-electron chi connectivity index (χ3n) is 5.08. The average Bonchev–Trinajstić information content (AvgIpc) is 2.74. The summed E-state index contributed by atoms with van der Waals surface area (Å²) in [6.45, 7) is 2.34. The molecule has 30 heavy (non-hydrogen) atoms. The van der Waals surface area contributed by atoms with Gasteiger partial charge in [-0.05, 0) is 30.3 Å². The smallest absolute Gasteiger partial charge is 0.321 e. The van der Waals surface area contributed by atoms with E-state index in [2.05, 4.69) is 15.2 Å². The number of aromatic nitrogens is 1. The minimum Gasteiger partial charge on any atom is -0.494 e. The summed E-state index contributed by atoms with van der Waals surface area (Å²) in [5, 5.41) is 4.36. The number of pyridine rings is 1. The lowest BCUT2D eigenvalue weighted by Gasteiger charge is -2.36. The molecule has 3 N–H and O–H groups in total. The van der Waals surface area contributed by atoms with E-state index in [9.17, 15) is 9.18 Å². The molecule has 0 bridgehead atoms. The van der Waals surface area contributed by atoms with Gasteiger partial charge >= 0.3 is 6.03 Å². The van der Waals surface area contributed by atoms with E-state index in [0.29, 0.717) is 42.7 Å². The van der Waals surface area contributed by atoms with Crippen LogP contribution in [0.3, 0.4) is 0 Å². The van der Waals surface area contributed by atoms with Crippen molar-refractivity contribution < 1.29 is 13.9 Å². The summed E-state index contributed by atoms with van der Waals surface area (Å²) in [4.78, 5) is 20.9. The number of halogens is 2. The number of hydrogen-bond acceptors (Lipinski definition) is 5. The van der Waals surface area contributed by atoms with Crippen molar-refractivity contribution in [1.29, 1.82) is 0 Å². The van der Waals surface area contributed by atoms with Gasteiger partial charge in [0, 0.05) is 60.1 Å². The van der Waals surface area contributed by atoms with E-state index >= 15 is 0 Å². The second kappa shape index (κ2) is 8.23. The highest BCUT2D eigenvalue weighted by atomic mass is 35.5. The Labute approximate surface area is 178 Å². The number of nitrogens with two attached hydrogens (primary N) is 1. The first kappa shape index (κ1) is 20.0. The molecule has 2 aromatic carbocycles. The van der Waals surface area contributed by atoms with Gasteiger partial charge in [-0.2, -0.15) is 0 Å². The lowest BCUT2D eigenvalue weighted by molar-refractivity contribution is 0.208. The van der Waals surface area contributed by atoms with Crippen molar-refractivity contribution in [3.63, 3.8) is 0 Å². The van der Waals surface area contributed by atoms with Gasteiger partial charge in [0.15, 0.2) is 11.6 Å². The molecule has 0 radical (unpaired) electrons. The molecule has 2 amide bonds. The molecule has 1 aliphatic heterocycles. The molecule has 0 aliphatic carbocycles. The fourth-order valence-electron chi connectivity index (χ4n) is 3.56. The van der Waals surface area contributed by atoms with Crippen molar-refractivity contribution in [2.24, 2.45) is 0 Å². The first-order valence-corrected chi connectivity index (χ1v) is 9.82. The molecule has 2 heterocycles. The predicted molar refractivity (Wildman–Crippen MR) is 117 cm³/mol. The standard InChI is InChI=1S/C21H21ClFN5O2/c1-30-19-11-14(3-5-16(19)23)25-21(29)28-8-6-27(7-9-28)18-12-20(24)26-17-10-13(22)2-4-15(17)18/h2-5,10-12H,6-9H2,1H3,(H2,24,26)(H,25,29). The highest BCUT2D eigenvalue weighted by molar-refractivity contribution is 6.31. The normalized spacial score (nSPS) is 14.1. The number of urea groups is 1. The van der Waals surface area contributed by atoms with Crippen molar-refractivity contribution in [2.45, 2.75) is 0 Å². The Morgan fingerprint density at radius 3 is 2.67 bits per heavy atom. The van der Waals surface area contributed by atoms with Gasteiger partial charge in [-0.1, -0.05) is 11.6 Å². The summed E-state index contributed by atoms with van der Waals surface area (Å²) in [5.41, 5.74) is 8.17. The summed E-state index contributed by atoms with van der Waals surface area (Å²) >= 11 is 6.08. The fraction of sp³-hybridized carbons (Fsp3) is 0.238. The molecule has 0 spiro atoms. The number of amides is 2. The van der Waals surface area contributed by atoms with Crippen molar-refractivity contribution in [1.82, 2.24) is 9.88 Å². The maximum atomic E-state index is 13.6. The maximum Gasteiger partial charge on any atom is 0.321 e. The van der Waals surface area contributed by atoms with Crippen LogP contribution in [0.2, 0.25) is 5.02 Å². The molecule has 0 unspecified atom stereocenters. The van der Waals surface area contributed by atoms with E-state index in [4.69, 9.17) is 22.1 Å². The number of nitrogens with zero attached hydrogens (tertiary/aromatic N) is 3. The molecule has 0 atom stereocenters. The number of nitrogen functional groups attached to an aromatic ring is 1. The molecule has 3 aromatic rings. The highest BCUT2D eigenvalue weighted by Crippen LogP contribution is 2.30. The van der Waals surface area contributed by atoms with Crippen LogP contribution < -0.4 is 20.7 Å². The Morgan fingerprint density at radius 2 is 1.93 bits per heavy atom. The zero-order chi connectivity index (χ0) is 21.3. The van der Waals surface area contributed by atoms with E-state index in [0.717, 1.165) is 16.6 Å². The van der Waals surface area contributed by atoms with Crippen molar-refractivity contribution in [3.05, 3.63) is 53.3 Å². The molecule has 1 aliphatic rings. The molecule has 1 saturated heterocycles. The van der Waals surface area contributed by atoms with Gasteiger partial charge in [-0.3, -0.25) is 0 Å². The SMILES string of the molecule is COc1cc(NC(=O)N2CCN(c3cc(N)nc4cc(Cl)ccc34)CC2)ccc1F. The Balaban J connectivity index is 1.45. The van der Waals surface area contributed by atoms with Gasteiger partial charge in [0.1, 0.15) is 5.82 Å². The number of methoxy groups -OCH3 is 1. The fourth-order valence-corrected chi connectivity index (χ4v) is 3.72. The quantitative estimate of drug-likeness (QED) is 0.658. The zero-order valence-corrected chi connectivity index (χ0v) is 17.1. The first-order chi connectivity index (χ1) is 14.4. The highest BCUT2D eigenvalue weighted by Gasteiger charge is 2.23. The lowest BCUT2D eigenvalue weighted by atomic mass is 10.1. The van der Waals surface area contributed by atoms with E-state index in [1.54, 1.807) is 11.0 Å². The van der Waals surface area contributed by atoms with Crippen LogP contribution in [0, 0.1) is 5.82 Å². The number of fused-ring (bicyclic) bond motifs is 1. The Bertz CT molecular complexity index is 1100. The molecule has 9 heteroatoms. The second-order valence-corrected chi connectivity index (χ2v) is 7.42. The van der Waals surface area contributed by atoms with Crippen LogP contribution >= 0.6 is 11.6 Å². The molecule has 1 fully saturated rings. The number of carbonyl (C=O) groups is 1. The van der Waals surface area contributed by atoms with Crippen molar-refractivity contribution in [3.8, 4) is 5.75 Å². The monoisotopic (exact) mass is 429 g/mol. The van der Waals surface area contributed by atoms with Gasteiger partial charge in [-0.25, -0.2) is 14.2 Å². The van der Waals surface area contributed by atoms with Crippen molar-refractivity contribution >= 4 is 45.7 Å². The van der Waals surface area contributed by atoms with Gasteiger partial charge in [0.05, 0.1) is 12.6 Å². The topological polar surface area (TPSA) is 83.7 Å². The molecule has 7 nitrogen and oxygen atoms in total. The predicted octanol–water partition coefficient (Wildman–Crippen LogP) is 3.97. The largest absolute Gasteiger partial charge is 0.494 e. The number of carbonyl (C=O) groups excluding carboxylic acids is 1. The summed E-state index contributed by atoms with van der Waals surface area (Å²) in [7, 11) is 1.38. The Kier molecular flexibility index (Phi) is 5.50. The van der Waals surface area contributed by atoms with Crippen LogP contribution in [0.4, 0.5) is 26.4 Å². The maximum absolute atomic E-state index is 13.6. The van der Waals surface area contributed by atoms with Crippen LogP contribution in [-0.2, 0) is 0 Å². The summed E-state index contributed by atoms with van der Waals surface area (Å²) < 4.78 is 18.5. The second-order valence-electron chi connectivity index (χ2n) is 6.98. The number of ether oxygens (including phenoxy) is 1. The third kappa shape index (κ3) is 4.04. The van der Waals surface area contributed by atoms with Crippen LogP contribution in [0.25, 0.3) is 10.9 Å². The van der Waals surface area contributed by atoms with Gasteiger partial charge in [0.2, 0.25) is 0 Å². The van der Waals surface area contributed by atoms with Crippen LogP contribution in [-0.4, -0.2) is 49.2 Å². The van der Waals surface area contributed by atoms with Gasteiger partial charge in [-0.15, -0.1) is 0 Å². The zero-order valence-electron chi connectivity index (χ0n) is 16.4. The summed E-state index contributed by atoms with van der Waals surface area (Å²) in [6.07, 6.45) is 0. The third-order valence-corrected chi connectivity index (χ3v) is 5.31. The summed E-state index contributed by atoms with van der Waals surface area (Å²) in [6, 6.07) is 11.4. The number of benzene rings is 2. The number of hydrogen-bond donors (Lipinski definition) is 2. The lowest BCUT2D eigenvalue weighted by Crippen LogP contribution is -2.50. The molecule has 4 rings (SSSR count). The number of piperazine rings is 1. The van der Waals surface area contributed by atoms with Crippen LogP contribution in [0.5, 0.6) is 5.75 Å². The molecule has 156 valence electrons. The molecular formula is C21H21ClFN5O2. The Hall–Kier alpha value is -3.26. The van der Waals surface area contributed by atoms with E-state index in [1.165, 1.54) is 25.3 Å². The average molecular weight is 430 g/mol. The van der Waals surface area contributed by atoms with E-state index < -0.39 is 5.82 Å². The number of anilines is 3. The van der Waals surface area contributed by atoms with Crippen LogP contribution in [0.1, 0.15) is 0 Å². The first-order valence-electron chi connectivity index (χ1n) is 9.45. The summed E-state index contributed by atoms with van der Waals surface area (Å²) in [5.74, 6) is 0.0272. The van der Waals surface area contributed by atoms with Gasteiger partial charge in [0.25, 0.3) is 0 Å². The Morgan fingerprint density at radius 1 is 1.17 bits per heavy atom. The van der Waals surface area contributed by atoms with Gasteiger partial charge < -0.3 is 25.6 Å².